The van der Waals surface area contributed by atoms with Gasteiger partial charge in [-0.05, 0) is 32.3 Å². The second-order valence-corrected chi connectivity index (χ2v) is 5.78. The van der Waals surface area contributed by atoms with E-state index in [2.05, 4.69) is 43.0 Å². The van der Waals surface area contributed by atoms with Gasteiger partial charge in [-0.1, -0.05) is 30.3 Å². The fraction of sp³-hybridized carbons (Fsp3) is 0.600. The van der Waals surface area contributed by atoms with Crippen LogP contribution < -0.4 is 5.73 Å². The van der Waals surface area contributed by atoms with Gasteiger partial charge in [0.25, 0.3) is 0 Å². The number of piperidine rings is 1. The fourth-order valence-electron chi connectivity index (χ4n) is 3.16. The number of nitrogens with two attached hydrogens (primary N) is 1. The molecule has 0 spiro atoms. The van der Waals surface area contributed by atoms with Crippen LogP contribution in [0.5, 0.6) is 0 Å². The van der Waals surface area contributed by atoms with Gasteiger partial charge in [0.15, 0.2) is 0 Å². The molecule has 0 saturated carbocycles. The molecule has 0 radical (unpaired) electrons. The predicted octanol–water partition coefficient (Wildman–Crippen LogP) is 1.75. The minimum atomic E-state index is -0.397. The van der Waals surface area contributed by atoms with Crippen LogP contribution in [-0.4, -0.2) is 34.2 Å². The average molecular weight is 248 g/mol. The summed E-state index contributed by atoms with van der Waals surface area (Å²) in [4.78, 5) is 2.48. The van der Waals surface area contributed by atoms with Crippen LogP contribution in [0.4, 0.5) is 0 Å². The lowest BCUT2D eigenvalue weighted by atomic mass is 9.81. The van der Waals surface area contributed by atoms with Crippen molar-refractivity contribution in [3.8, 4) is 0 Å². The second-order valence-electron chi connectivity index (χ2n) is 5.78. The molecule has 1 aliphatic heterocycles. The Kier molecular flexibility index (Phi) is 4.05. The van der Waals surface area contributed by atoms with Crippen molar-refractivity contribution in [2.24, 2.45) is 5.73 Å². The van der Waals surface area contributed by atoms with E-state index < -0.39 is 5.54 Å². The first-order valence-electron chi connectivity index (χ1n) is 6.73. The van der Waals surface area contributed by atoms with Gasteiger partial charge in [-0.2, -0.15) is 0 Å². The maximum atomic E-state index is 9.42. The fourth-order valence-corrected chi connectivity index (χ4v) is 3.16. The van der Waals surface area contributed by atoms with Gasteiger partial charge >= 0.3 is 0 Å². The summed E-state index contributed by atoms with van der Waals surface area (Å²) in [7, 11) is 0. The van der Waals surface area contributed by atoms with Gasteiger partial charge in [0, 0.05) is 24.2 Å². The molecule has 3 N–H and O–H groups in total. The highest BCUT2D eigenvalue weighted by Crippen LogP contribution is 2.30. The topological polar surface area (TPSA) is 49.5 Å². The highest BCUT2D eigenvalue weighted by atomic mass is 16.3. The molecular formula is C15H24N2O. The quantitative estimate of drug-likeness (QED) is 0.857. The van der Waals surface area contributed by atoms with E-state index in [0.717, 1.165) is 19.4 Å². The summed E-state index contributed by atoms with van der Waals surface area (Å²) in [6.45, 7) is 5.46. The zero-order valence-corrected chi connectivity index (χ0v) is 11.3. The van der Waals surface area contributed by atoms with E-state index in [0.29, 0.717) is 12.1 Å². The standard InChI is InChI=1S/C15H24N2O/c1-12-8-15(16,11-18)9-13(2)17(12)10-14-6-4-3-5-7-14/h3-7,12-13,18H,8-11,16H2,1-2H3. The molecule has 100 valence electrons. The van der Waals surface area contributed by atoms with Crippen molar-refractivity contribution < 1.29 is 5.11 Å². The van der Waals surface area contributed by atoms with Gasteiger partial charge in [0.2, 0.25) is 0 Å². The zero-order chi connectivity index (χ0) is 13.2. The Morgan fingerprint density at radius 2 is 1.78 bits per heavy atom. The number of nitrogens with zero attached hydrogens (tertiary/aromatic N) is 1. The van der Waals surface area contributed by atoms with Crippen molar-refractivity contribution in [2.75, 3.05) is 6.61 Å². The lowest BCUT2D eigenvalue weighted by Gasteiger charge is -2.47. The summed E-state index contributed by atoms with van der Waals surface area (Å²) in [5.41, 5.74) is 7.16. The molecular weight excluding hydrogens is 224 g/mol. The molecule has 1 heterocycles. The monoisotopic (exact) mass is 248 g/mol. The molecule has 18 heavy (non-hydrogen) atoms. The Balaban J connectivity index is 2.06. The summed E-state index contributed by atoms with van der Waals surface area (Å²) < 4.78 is 0. The molecule has 1 aromatic carbocycles. The summed E-state index contributed by atoms with van der Waals surface area (Å²) in [6.07, 6.45) is 1.72. The number of hydrogen-bond acceptors (Lipinski definition) is 3. The normalized spacial score (nSPS) is 33.6. The third-order valence-electron chi connectivity index (χ3n) is 4.06. The van der Waals surface area contributed by atoms with Crippen LogP contribution in [0.2, 0.25) is 0 Å². The average Bonchev–Trinajstić information content (AvgIpc) is 2.35. The van der Waals surface area contributed by atoms with E-state index in [-0.39, 0.29) is 6.61 Å². The van der Waals surface area contributed by atoms with Crippen LogP contribution in [0.3, 0.4) is 0 Å². The lowest BCUT2D eigenvalue weighted by Crippen LogP contribution is -2.59. The highest BCUT2D eigenvalue weighted by molar-refractivity contribution is 5.15. The van der Waals surface area contributed by atoms with Gasteiger partial charge in [-0.15, -0.1) is 0 Å². The molecule has 3 nitrogen and oxygen atoms in total. The van der Waals surface area contributed by atoms with Gasteiger partial charge in [-0.3, -0.25) is 4.90 Å². The Labute approximate surface area is 110 Å². The van der Waals surface area contributed by atoms with E-state index in [1.165, 1.54) is 5.56 Å². The zero-order valence-electron chi connectivity index (χ0n) is 11.3. The molecule has 2 rings (SSSR count). The molecule has 1 fully saturated rings. The van der Waals surface area contributed by atoms with E-state index in [1.807, 2.05) is 6.07 Å². The maximum absolute atomic E-state index is 9.42. The summed E-state index contributed by atoms with van der Waals surface area (Å²) in [5.74, 6) is 0. The number of benzene rings is 1. The minimum Gasteiger partial charge on any atom is -0.394 e. The number of rotatable bonds is 3. The summed E-state index contributed by atoms with van der Waals surface area (Å²) in [5, 5.41) is 9.42. The van der Waals surface area contributed by atoms with Crippen molar-refractivity contribution in [1.29, 1.82) is 0 Å². The van der Waals surface area contributed by atoms with Gasteiger partial charge in [0.05, 0.1) is 6.61 Å². The first-order valence-corrected chi connectivity index (χ1v) is 6.73. The molecule has 0 aliphatic carbocycles. The SMILES string of the molecule is CC1CC(N)(CO)CC(C)N1Cc1ccccc1. The number of aliphatic hydroxyl groups excluding tert-OH is 1. The van der Waals surface area contributed by atoms with E-state index in [4.69, 9.17) is 5.73 Å². The summed E-state index contributed by atoms with van der Waals surface area (Å²) >= 11 is 0. The van der Waals surface area contributed by atoms with Crippen molar-refractivity contribution >= 4 is 0 Å². The molecule has 2 atom stereocenters. The van der Waals surface area contributed by atoms with Crippen LogP contribution in [0.1, 0.15) is 32.3 Å². The molecule has 0 amide bonds. The molecule has 1 aliphatic rings. The van der Waals surface area contributed by atoms with Gasteiger partial charge in [-0.25, -0.2) is 0 Å². The molecule has 2 unspecified atom stereocenters. The Morgan fingerprint density at radius 3 is 2.28 bits per heavy atom. The third-order valence-corrected chi connectivity index (χ3v) is 4.06. The van der Waals surface area contributed by atoms with Gasteiger partial charge < -0.3 is 10.8 Å². The van der Waals surface area contributed by atoms with Crippen LogP contribution in [0.25, 0.3) is 0 Å². The minimum absolute atomic E-state index is 0.0842. The lowest BCUT2D eigenvalue weighted by molar-refractivity contribution is 0.0246. The molecule has 0 aromatic heterocycles. The molecule has 3 heteroatoms. The van der Waals surface area contributed by atoms with Crippen molar-refractivity contribution in [1.82, 2.24) is 4.90 Å². The smallest absolute Gasteiger partial charge is 0.0612 e. The van der Waals surface area contributed by atoms with E-state index >= 15 is 0 Å². The Hall–Kier alpha value is -0.900. The van der Waals surface area contributed by atoms with Crippen LogP contribution >= 0.6 is 0 Å². The maximum Gasteiger partial charge on any atom is 0.0612 e. The Morgan fingerprint density at radius 1 is 1.22 bits per heavy atom. The first kappa shape index (κ1) is 13.5. The van der Waals surface area contributed by atoms with Gasteiger partial charge in [0.1, 0.15) is 0 Å². The van der Waals surface area contributed by atoms with Crippen LogP contribution in [-0.2, 0) is 6.54 Å². The number of likely N-dealkylation sites (tertiary alicyclic amines) is 1. The first-order chi connectivity index (χ1) is 8.54. The number of hydrogen-bond donors (Lipinski definition) is 2. The van der Waals surface area contributed by atoms with Crippen molar-refractivity contribution in [3.63, 3.8) is 0 Å². The number of aliphatic hydroxyl groups is 1. The second kappa shape index (κ2) is 5.39. The molecule has 1 aromatic rings. The van der Waals surface area contributed by atoms with Crippen LogP contribution in [0.15, 0.2) is 30.3 Å². The Bertz CT molecular complexity index is 367. The van der Waals surface area contributed by atoms with E-state index in [9.17, 15) is 5.11 Å². The van der Waals surface area contributed by atoms with Crippen molar-refractivity contribution in [3.05, 3.63) is 35.9 Å². The summed E-state index contributed by atoms with van der Waals surface area (Å²) in [6, 6.07) is 11.3. The third kappa shape index (κ3) is 2.91. The highest BCUT2D eigenvalue weighted by Gasteiger charge is 2.38. The van der Waals surface area contributed by atoms with Crippen LogP contribution in [0, 0.1) is 0 Å². The largest absolute Gasteiger partial charge is 0.394 e. The predicted molar refractivity (Wildman–Crippen MR) is 74.1 cm³/mol. The van der Waals surface area contributed by atoms with Crippen molar-refractivity contribution in [2.45, 2.75) is 50.9 Å². The molecule has 0 bridgehead atoms. The molecule has 1 saturated heterocycles. The van der Waals surface area contributed by atoms with E-state index in [1.54, 1.807) is 0 Å².